The van der Waals surface area contributed by atoms with Crippen molar-refractivity contribution in [2.45, 2.75) is 18.0 Å². The smallest absolute Gasteiger partial charge is 0.437 e. The molecule has 31 heavy (non-hydrogen) atoms. The Bertz CT molecular complexity index is 1090. The van der Waals surface area contributed by atoms with Gasteiger partial charge in [-0.3, -0.25) is 4.55 Å². The first kappa shape index (κ1) is 26.4. The fourth-order valence-corrected chi connectivity index (χ4v) is 4.61. The van der Waals surface area contributed by atoms with Gasteiger partial charge in [0.15, 0.2) is 15.5 Å². The lowest BCUT2D eigenvalue weighted by atomic mass is 10.1. The number of nitrogens with zero attached hydrogens (tertiary/aromatic N) is 1. The monoisotopic (exact) mass is 483 g/mol. The Morgan fingerprint density at radius 2 is 1.48 bits per heavy atom. The van der Waals surface area contributed by atoms with E-state index in [0.29, 0.717) is 5.75 Å². The maximum absolute atomic E-state index is 12.3. The van der Waals surface area contributed by atoms with Crippen LogP contribution in [0, 0.1) is 6.92 Å². The van der Waals surface area contributed by atoms with E-state index in [1.165, 1.54) is 43.5 Å². The maximum Gasteiger partial charge on any atom is 0.437 e. The predicted octanol–water partition coefficient (Wildman–Crippen LogP) is 3.09. The molecule has 0 bridgehead atoms. The molecule has 172 valence electrons. The summed E-state index contributed by atoms with van der Waals surface area (Å²) in [6.07, 6.45) is -4.68. The summed E-state index contributed by atoms with van der Waals surface area (Å²) in [5, 5.41) is 10.5. The lowest BCUT2D eigenvalue weighted by molar-refractivity contribution is -0.0601. The van der Waals surface area contributed by atoms with E-state index in [4.69, 9.17) is 14.5 Å². The number of sulfone groups is 1. The van der Waals surface area contributed by atoms with Gasteiger partial charge in [0.1, 0.15) is 5.75 Å². The molecule has 0 amide bonds. The highest BCUT2D eigenvalue weighted by atomic mass is 32.2. The molecule has 13 heteroatoms. The number of alkyl halides is 3. The Balaban J connectivity index is 0.000000311. The molecule has 2 rings (SSSR count). The predicted molar refractivity (Wildman–Crippen MR) is 107 cm³/mol. The molecular formula is C18H20F3NO7S2. The quantitative estimate of drug-likeness (QED) is 0.279. The SMILES string of the molecule is COc1ccc(C(=NO)C(F)(F)F)cc1.Cc1ccc(S(=O)(=O)CCS(=O)(=O)O)cc1. The summed E-state index contributed by atoms with van der Waals surface area (Å²) in [7, 11) is -6.50. The highest BCUT2D eigenvalue weighted by Crippen LogP contribution is 2.23. The summed E-state index contributed by atoms with van der Waals surface area (Å²) in [5.41, 5.74) is -0.635. The van der Waals surface area contributed by atoms with Gasteiger partial charge in [-0.25, -0.2) is 8.42 Å². The maximum atomic E-state index is 12.3. The number of benzene rings is 2. The van der Waals surface area contributed by atoms with Crippen LogP contribution >= 0.6 is 0 Å². The van der Waals surface area contributed by atoms with Crippen LogP contribution in [-0.2, 0) is 20.0 Å². The molecule has 0 aromatic heterocycles. The van der Waals surface area contributed by atoms with E-state index in [1.807, 2.05) is 6.92 Å². The van der Waals surface area contributed by atoms with Gasteiger partial charge in [0.2, 0.25) is 0 Å². The van der Waals surface area contributed by atoms with Gasteiger partial charge in [-0.2, -0.15) is 21.6 Å². The van der Waals surface area contributed by atoms with Crippen LogP contribution in [0.2, 0.25) is 0 Å². The van der Waals surface area contributed by atoms with E-state index in [9.17, 15) is 30.0 Å². The Kier molecular flexibility index (Phi) is 9.02. The summed E-state index contributed by atoms with van der Waals surface area (Å²) in [4.78, 5) is 0.0572. The minimum Gasteiger partial charge on any atom is -0.497 e. The van der Waals surface area contributed by atoms with Crippen LogP contribution in [0.1, 0.15) is 11.1 Å². The Labute approximate surface area is 177 Å². The number of hydrogen-bond donors (Lipinski definition) is 2. The molecule has 2 N–H and O–H groups in total. The van der Waals surface area contributed by atoms with Crippen molar-refractivity contribution in [3.05, 3.63) is 59.7 Å². The van der Waals surface area contributed by atoms with Crippen LogP contribution in [0.15, 0.2) is 58.6 Å². The number of methoxy groups -OCH3 is 1. The highest BCUT2D eigenvalue weighted by molar-refractivity contribution is 7.93. The minimum atomic E-state index is -4.68. The van der Waals surface area contributed by atoms with Crippen LogP contribution in [0.5, 0.6) is 5.75 Å². The number of halogens is 3. The van der Waals surface area contributed by atoms with Crippen LogP contribution in [0.3, 0.4) is 0 Å². The van der Waals surface area contributed by atoms with Crippen molar-refractivity contribution in [2.75, 3.05) is 18.6 Å². The topological polar surface area (TPSA) is 130 Å². The third-order valence-electron chi connectivity index (χ3n) is 3.72. The van der Waals surface area contributed by atoms with E-state index >= 15 is 0 Å². The lowest BCUT2D eigenvalue weighted by Crippen LogP contribution is -2.23. The number of ether oxygens (including phenoxy) is 1. The number of aryl methyl sites for hydroxylation is 1. The second-order valence-electron chi connectivity index (χ2n) is 6.09. The Morgan fingerprint density at radius 1 is 0.968 bits per heavy atom. The number of hydrogen-bond acceptors (Lipinski definition) is 7. The van der Waals surface area contributed by atoms with Gasteiger partial charge < -0.3 is 9.94 Å². The number of rotatable bonds is 6. The van der Waals surface area contributed by atoms with Crippen LogP contribution < -0.4 is 4.74 Å². The van der Waals surface area contributed by atoms with E-state index in [0.717, 1.165) is 5.56 Å². The van der Waals surface area contributed by atoms with Crippen molar-refractivity contribution < 1.29 is 44.5 Å². The summed E-state index contributed by atoms with van der Waals surface area (Å²) < 4.78 is 94.2. The Morgan fingerprint density at radius 3 is 1.87 bits per heavy atom. The normalized spacial score (nSPS) is 12.6. The molecule has 2 aromatic carbocycles. The van der Waals surface area contributed by atoms with Crippen LogP contribution in [0.4, 0.5) is 13.2 Å². The van der Waals surface area contributed by atoms with E-state index in [-0.39, 0.29) is 10.5 Å². The van der Waals surface area contributed by atoms with Crippen molar-refractivity contribution in [1.82, 2.24) is 0 Å². The molecule has 0 radical (unpaired) electrons. The molecule has 0 saturated carbocycles. The Hall–Kier alpha value is -2.64. The zero-order chi connectivity index (χ0) is 23.9. The molecule has 0 atom stereocenters. The van der Waals surface area contributed by atoms with Gasteiger partial charge >= 0.3 is 6.18 Å². The second-order valence-corrected chi connectivity index (χ2v) is 9.77. The van der Waals surface area contributed by atoms with Crippen molar-refractivity contribution >= 4 is 25.7 Å². The van der Waals surface area contributed by atoms with Gasteiger partial charge in [0.05, 0.1) is 23.5 Å². The van der Waals surface area contributed by atoms with Crippen molar-refractivity contribution in [1.29, 1.82) is 0 Å². The molecular weight excluding hydrogens is 463 g/mol. The molecule has 8 nitrogen and oxygen atoms in total. The molecule has 0 aliphatic heterocycles. The minimum absolute atomic E-state index is 0.0572. The molecule has 0 saturated heterocycles. The zero-order valence-electron chi connectivity index (χ0n) is 16.4. The van der Waals surface area contributed by atoms with Gasteiger partial charge in [0.25, 0.3) is 10.1 Å². The van der Waals surface area contributed by atoms with Gasteiger partial charge in [-0.15, -0.1) is 0 Å². The van der Waals surface area contributed by atoms with Crippen LogP contribution in [0.25, 0.3) is 0 Å². The molecule has 0 aliphatic carbocycles. The largest absolute Gasteiger partial charge is 0.497 e. The lowest BCUT2D eigenvalue weighted by Gasteiger charge is -2.08. The van der Waals surface area contributed by atoms with Gasteiger partial charge in [-0.05, 0) is 43.3 Å². The summed E-state index contributed by atoms with van der Waals surface area (Å²) in [6, 6.07) is 11.1. The highest BCUT2D eigenvalue weighted by Gasteiger charge is 2.37. The van der Waals surface area contributed by atoms with E-state index in [2.05, 4.69) is 5.16 Å². The first-order chi connectivity index (χ1) is 14.2. The average Bonchev–Trinajstić information content (AvgIpc) is 2.67. The molecule has 2 aromatic rings. The first-order valence-corrected chi connectivity index (χ1v) is 11.6. The summed E-state index contributed by atoms with van der Waals surface area (Å²) in [5.74, 6) is -0.976. The third-order valence-corrected chi connectivity index (χ3v) is 6.43. The third kappa shape index (κ3) is 8.94. The van der Waals surface area contributed by atoms with Gasteiger partial charge in [0, 0.05) is 5.56 Å². The first-order valence-electron chi connectivity index (χ1n) is 8.38. The molecule has 0 fully saturated rings. The van der Waals surface area contributed by atoms with Crippen molar-refractivity contribution in [3.8, 4) is 5.75 Å². The van der Waals surface area contributed by atoms with Gasteiger partial charge in [-0.1, -0.05) is 22.9 Å². The standard InChI is InChI=1S/C9H8F3NO2.C9H12O5S2/c1-15-7-4-2-6(3-5-7)8(13-14)9(10,11)12;1-8-2-4-9(5-3-8)15(10,11)6-7-16(12,13)14/h2-5,14H,1H3;2-5H,6-7H2,1H3,(H,12,13,14). The molecule has 0 spiro atoms. The van der Waals surface area contributed by atoms with Crippen LogP contribution in [-0.4, -0.2) is 57.1 Å². The van der Waals surface area contributed by atoms with E-state index in [1.54, 1.807) is 12.1 Å². The van der Waals surface area contributed by atoms with Crippen molar-refractivity contribution in [3.63, 3.8) is 0 Å². The molecule has 0 aliphatic rings. The fourth-order valence-electron chi connectivity index (χ4n) is 2.11. The average molecular weight is 483 g/mol. The molecule has 0 unspecified atom stereocenters. The second kappa shape index (κ2) is 10.6. The number of oxime groups is 1. The summed E-state index contributed by atoms with van der Waals surface area (Å²) >= 11 is 0. The summed E-state index contributed by atoms with van der Waals surface area (Å²) in [6.45, 7) is 1.81. The van der Waals surface area contributed by atoms with E-state index < -0.39 is 43.3 Å². The van der Waals surface area contributed by atoms with Crippen molar-refractivity contribution in [2.24, 2.45) is 5.16 Å². The zero-order valence-corrected chi connectivity index (χ0v) is 18.0. The molecule has 0 heterocycles. The fraction of sp³-hybridized carbons (Fsp3) is 0.278.